The molecule has 0 heterocycles. The summed E-state index contributed by atoms with van der Waals surface area (Å²) in [5.41, 5.74) is 1.17. The fourth-order valence-electron chi connectivity index (χ4n) is 2.05. The summed E-state index contributed by atoms with van der Waals surface area (Å²) in [6.45, 7) is 4.61. The van der Waals surface area contributed by atoms with Crippen molar-refractivity contribution in [2.45, 2.75) is 32.7 Å². The molecule has 1 rings (SSSR count). The third-order valence-corrected chi connectivity index (χ3v) is 6.15. The zero-order valence-electron chi connectivity index (χ0n) is 11.8. The standard InChI is InChI=1S/C14H21Br2NO2S/c1-3-17-14(6-5-9-20(18,19)4-2)12-8-7-11(15)10-13(12)16/h7-8,10,14,17H,3-6,9H2,1-2H3. The quantitative estimate of drug-likeness (QED) is 0.681. The van der Waals surface area contributed by atoms with Gasteiger partial charge in [0.15, 0.2) is 0 Å². The van der Waals surface area contributed by atoms with Crippen LogP contribution in [-0.4, -0.2) is 26.5 Å². The fraction of sp³-hybridized carbons (Fsp3) is 0.571. The topological polar surface area (TPSA) is 46.2 Å². The van der Waals surface area contributed by atoms with Crippen LogP contribution in [0.4, 0.5) is 0 Å². The molecule has 1 N–H and O–H groups in total. The average molecular weight is 427 g/mol. The van der Waals surface area contributed by atoms with Gasteiger partial charge in [-0.1, -0.05) is 51.8 Å². The van der Waals surface area contributed by atoms with E-state index < -0.39 is 9.84 Å². The lowest BCUT2D eigenvalue weighted by molar-refractivity contribution is 0.505. The van der Waals surface area contributed by atoms with Crippen molar-refractivity contribution >= 4 is 41.7 Å². The number of hydrogen-bond acceptors (Lipinski definition) is 3. The molecule has 114 valence electrons. The van der Waals surface area contributed by atoms with Crippen molar-refractivity contribution in [3.05, 3.63) is 32.7 Å². The number of halogens is 2. The van der Waals surface area contributed by atoms with Crippen molar-refractivity contribution in [1.29, 1.82) is 0 Å². The van der Waals surface area contributed by atoms with Crippen LogP contribution in [0.15, 0.2) is 27.1 Å². The summed E-state index contributed by atoms with van der Waals surface area (Å²) < 4.78 is 25.2. The zero-order valence-corrected chi connectivity index (χ0v) is 15.8. The molecule has 0 saturated carbocycles. The average Bonchev–Trinajstić information content (AvgIpc) is 2.38. The van der Waals surface area contributed by atoms with E-state index in [4.69, 9.17) is 0 Å². The van der Waals surface area contributed by atoms with E-state index >= 15 is 0 Å². The van der Waals surface area contributed by atoms with Gasteiger partial charge in [-0.15, -0.1) is 0 Å². The second-order valence-electron chi connectivity index (χ2n) is 4.65. The highest BCUT2D eigenvalue weighted by Crippen LogP contribution is 2.29. The van der Waals surface area contributed by atoms with Crippen LogP contribution < -0.4 is 5.32 Å². The normalized spacial score (nSPS) is 13.4. The Hall–Kier alpha value is 0.0900. The molecule has 0 amide bonds. The predicted molar refractivity (Wildman–Crippen MR) is 91.8 cm³/mol. The highest BCUT2D eigenvalue weighted by molar-refractivity contribution is 9.11. The van der Waals surface area contributed by atoms with E-state index in [2.05, 4.69) is 50.2 Å². The van der Waals surface area contributed by atoms with Gasteiger partial charge in [-0.3, -0.25) is 0 Å². The smallest absolute Gasteiger partial charge is 0.150 e. The van der Waals surface area contributed by atoms with Gasteiger partial charge in [-0.05, 0) is 37.1 Å². The fourth-order valence-corrected chi connectivity index (χ4v) is 4.27. The molecular formula is C14H21Br2NO2S. The van der Waals surface area contributed by atoms with Crippen molar-refractivity contribution in [2.24, 2.45) is 0 Å². The van der Waals surface area contributed by atoms with Gasteiger partial charge in [0.1, 0.15) is 9.84 Å². The molecule has 0 spiro atoms. The molecule has 0 aliphatic rings. The lowest BCUT2D eigenvalue weighted by Gasteiger charge is -2.20. The molecule has 1 unspecified atom stereocenters. The Labute approximate surface area is 138 Å². The largest absolute Gasteiger partial charge is 0.310 e. The molecular weight excluding hydrogens is 406 g/mol. The molecule has 0 aliphatic heterocycles. The molecule has 1 aromatic carbocycles. The van der Waals surface area contributed by atoms with Crippen molar-refractivity contribution in [1.82, 2.24) is 5.32 Å². The monoisotopic (exact) mass is 425 g/mol. The molecule has 1 atom stereocenters. The highest BCUT2D eigenvalue weighted by atomic mass is 79.9. The van der Waals surface area contributed by atoms with E-state index in [0.29, 0.717) is 6.42 Å². The third-order valence-electron chi connectivity index (χ3n) is 3.18. The summed E-state index contributed by atoms with van der Waals surface area (Å²) in [4.78, 5) is 0. The first kappa shape index (κ1) is 18.1. The summed E-state index contributed by atoms with van der Waals surface area (Å²) in [5, 5.41) is 3.42. The van der Waals surface area contributed by atoms with Crippen LogP contribution in [0.5, 0.6) is 0 Å². The molecule has 20 heavy (non-hydrogen) atoms. The van der Waals surface area contributed by atoms with Gasteiger partial charge in [0.25, 0.3) is 0 Å². The molecule has 0 radical (unpaired) electrons. The summed E-state index contributed by atoms with van der Waals surface area (Å²) >= 11 is 7.02. The summed E-state index contributed by atoms with van der Waals surface area (Å²) in [6.07, 6.45) is 1.49. The highest BCUT2D eigenvalue weighted by Gasteiger charge is 2.15. The number of rotatable bonds is 8. The van der Waals surface area contributed by atoms with Crippen LogP contribution in [0, 0.1) is 0 Å². The van der Waals surface area contributed by atoms with Crippen molar-refractivity contribution < 1.29 is 8.42 Å². The molecule has 0 fully saturated rings. The summed E-state index contributed by atoms with van der Waals surface area (Å²) in [6, 6.07) is 6.26. The van der Waals surface area contributed by atoms with E-state index in [9.17, 15) is 8.42 Å². The van der Waals surface area contributed by atoms with Crippen molar-refractivity contribution in [3.63, 3.8) is 0 Å². The minimum atomic E-state index is -2.88. The minimum Gasteiger partial charge on any atom is -0.310 e. The first-order chi connectivity index (χ1) is 9.39. The maximum absolute atomic E-state index is 11.6. The maximum Gasteiger partial charge on any atom is 0.150 e. The second kappa shape index (κ2) is 8.51. The first-order valence-electron chi connectivity index (χ1n) is 6.78. The molecule has 3 nitrogen and oxygen atoms in total. The van der Waals surface area contributed by atoms with Crippen LogP contribution in [0.2, 0.25) is 0 Å². The number of benzene rings is 1. The van der Waals surface area contributed by atoms with Gasteiger partial charge in [-0.2, -0.15) is 0 Å². The summed E-state index contributed by atoms with van der Waals surface area (Å²) in [7, 11) is -2.88. The van der Waals surface area contributed by atoms with Crippen molar-refractivity contribution in [2.75, 3.05) is 18.1 Å². The van der Waals surface area contributed by atoms with Crippen LogP contribution in [-0.2, 0) is 9.84 Å². The van der Waals surface area contributed by atoms with Gasteiger partial charge >= 0.3 is 0 Å². The Balaban J connectivity index is 2.74. The second-order valence-corrected chi connectivity index (χ2v) is 8.90. The minimum absolute atomic E-state index is 0.175. The van der Waals surface area contributed by atoms with E-state index in [0.717, 1.165) is 21.9 Å². The Morgan fingerprint density at radius 1 is 1.25 bits per heavy atom. The van der Waals surface area contributed by atoms with Gasteiger partial charge in [-0.25, -0.2) is 8.42 Å². The third kappa shape index (κ3) is 5.84. The van der Waals surface area contributed by atoms with E-state index in [1.807, 2.05) is 12.1 Å². The lowest BCUT2D eigenvalue weighted by atomic mass is 10.0. The number of sulfone groups is 1. The first-order valence-corrected chi connectivity index (χ1v) is 10.2. The molecule has 1 aromatic rings. The van der Waals surface area contributed by atoms with E-state index in [-0.39, 0.29) is 17.5 Å². The maximum atomic E-state index is 11.6. The van der Waals surface area contributed by atoms with Gasteiger partial charge < -0.3 is 5.32 Å². The number of hydrogen-bond donors (Lipinski definition) is 1. The predicted octanol–water partition coefficient (Wildman–Crippen LogP) is 4.08. The van der Waals surface area contributed by atoms with Crippen LogP contribution in [0.25, 0.3) is 0 Å². The molecule has 0 bridgehead atoms. The van der Waals surface area contributed by atoms with E-state index in [1.54, 1.807) is 6.92 Å². The van der Waals surface area contributed by atoms with Crippen LogP contribution in [0.3, 0.4) is 0 Å². The molecule has 0 aromatic heterocycles. The lowest BCUT2D eigenvalue weighted by Crippen LogP contribution is -2.22. The van der Waals surface area contributed by atoms with Gasteiger partial charge in [0.2, 0.25) is 0 Å². The van der Waals surface area contributed by atoms with Gasteiger partial charge in [0, 0.05) is 20.7 Å². The SMILES string of the molecule is CCNC(CCCS(=O)(=O)CC)c1ccc(Br)cc1Br. The Morgan fingerprint density at radius 3 is 2.50 bits per heavy atom. The van der Waals surface area contributed by atoms with E-state index in [1.165, 1.54) is 5.56 Å². The van der Waals surface area contributed by atoms with Crippen LogP contribution >= 0.6 is 31.9 Å². The molecule has 6 heteroatoms. The van der Waals surface area contributed by atoms with Crippen molar-refractivity contribution in [3.8, 4) is 0 Å². The molecule has 0 saturated heterocycles. The number of nitrogens with one attached hydrogen (secondary N) is 1. The zero-order chi connectivity index (χ0) is 15.2. The Morgan fingerprint density at radius 2 is 1.95 bits per heavy atom. The Kier molecular flexibility index (Phi) is 7.72. The summed E-state index contributed by atoms with van der Waals surface area (Å²) in [5.74, 6) is 0.487. The van der Waals surface area contributed by atoms with Gasteiger partial charge in [0.05, 0.1) is 5.75 Å². The van der Waals surface area contributed by atoms with Crippen LogP contribution in [0.1, 0.15) is 38.3 Å². The molecule has 0 aliphatic carbocycles. The Bertz CT molecular complexity index is 532.